The van der Waals surface area contributed by atoms with Crippen LogP contribution in [0.2, 0.25) is 10.0 Å². The standard InChI is InChI=1S/C31H35Cl2N3O5S/c1-41-29-17-16-25(33)19-27(29)36(42(2,39)40)21-30(37)35(20-23-12-14-24(32)15-13-23)28(18-22-8-4-3-5-9-22)31(38)34-26-10-6-7-11-26/h3-5,8-9,12-17,19,26,28H,6-7,10-11,18,20-21H2,1-2H3,(H,34,38)/t28-/m0/s1. The highest BCUT2D eigenvalue weighted by Crippen LogP contribution is 2.33. The third kappa shape index (κ3) is 8.40. The molecule has 42 heavy (non-hydrogen) atoms. The Morgan fingerprint density at radius 2 is 1.60 bits per heavy atom. The summed E-state index contributed by atoms with van der Waals surface area (Å²) < 4.78 is 32.5. The maximum atomic E-state index is 14.2. The Balaban J connectivity index is 1.75. The number of carbonyl (C=O) groups excluding carboxylic acids is 2. The molecule has 224 valence electrons. The zero-order valence-corrected chi connectivity index (χ0v) is 26.0. The first-order valence-electron chi connectivity index (χ1n) is 13.7. The SMILES string of the molecule is COc1ccc(Cl)cc1N(CC(=O)N(Cc1ccc(Cl)cc1)[C@@H](Cc1ccccc1)C(=O)NC1CCCC1)S(C)(=O)=O. The van der Waals surface area contributed by atoms with Crippen molar-refractivity contribution in [1.82, 2.24) is 10.2 Å². The first kappa shape index (κ1) is 31.7. The molecule has 1 fully saturated rings. The number of ether oxygens (including phenoxy) is 1. The minimum absolute atomic E-state index is 0.0338. The second-order valence-corrected chi connectivity index (χ2v) is 13.2. The van der Waals surface area contributed by atoms with Crippen LogP contribution in [0.15, 0.2) is 72.8 Å². The summed E-state index contributed by atoms with van der Waals surface area (Å²) in [5.74, 6) is -0.596. The van der Waals surface area contributed by atoms with E-state index in [2.05, 4.69) is 5.32 Å². The lowest BCUT2D eigenvalue weighted by Crippen LogP contribution is -2.54. The van der Waals surface area contributed by atoms with E-state index in [0.717, 1.165) is 47.4 Å². The van der Waals surface area contributed by atoms with Crippen molar-refractivity contribution in [3.8, 4) is 5.75 Å². The fraction of sp³-hybridized carbons (Fsp3) is 0.355. The predicted octanol–water partition coefficient (Wildman–Crippen LogP) is 5.47. The molecule has 1 aliphatic carbocycles. The minimum Gasteiger partial charge on any atom is -0.495 e. The van der Waals surface area contributed by atoms with E-state index in [1.54, 1.807) is 36.4 Å². The largest absolute Gasteiger partial charge is 0.495 e. The summed E-state index contributed by atoms with van der Waals surface area (Å²) in [7, 11) is -2.56. The van der Waals surface area contributed by atoms with Gasteiger partial charge >= 0.3 is 0 Å². The summed E-state index contributed by atoms with van der Waals surface area (Å²) in [6.07, 6.45) is 5.09. The van der Waals surface area contributed by atoms with Crippen molar-refractivity contribution in [3.63, 3.8) is 0 Å². The van der Waals surface area contributed by atoms with E-state index in [-0.39, 0.29) is 41.4 Å². The summed E-state index contributed by atoms with van der Waals surface area (Å²) in [6.45, 7) is -0.499. The summed E-state index contributed by atoms with van der Waals surface area (Å²) in [5, 5.41) is 3.96. The number of halogens is 2. The Bertz CT molecular complexity index is 1480. The topological polar surface area (TPSA) is 96.0 Å². The summed E-state index contributed by atoms with van der Waals surface area (Å²) in [4.78, 5) is 29.6. The van der Waals surface area contributed by atoms with Gasteiger partial charge in [-0.15, -0.1) is 0 Å². The van der Waals surface area contributed by atoms with Gasteiger partial charge in [0.15, 0.2) is 0 Å². The minimum atomic E-state index is -3.97. The first-order chi connectivity index (χ1) is 20.0. The zero-order valence-electron chi connectivity index (χ0n) is 23.6. The average molecular weight is 633 g/mol. The second-order valence-electron chi connectivity index (χ2n) is 10.4. The molecule has 2 amide bonds. The van der Waals surface area contributed by atoms with Crippen LogP contribution < -0.4 is 14.4 Å². The van der Waals surface area contributed by atoms with E-state index in [0.29, 0.717) is 5.02 Å². The molecule has 1 atom stereocenters. The molecule has 3 aromatic rings. The third-order valence-corrected chi connectivity index (χ3v) is 8.94. The van der Waals surface area contributed by atoms with Crippen LogP contribution in [0.3, 0.4) is 0 Å². The summed E-state index contributed by atoms with van der Waals surface area (Å²) in [6, 6.07) is 20.1. The highest BCUT2D eigenvalue weighted by Gasteiger charge is 2.35. The summed E-state index contributed by atoms with van der Waals surface area (Å²) in [5.41, 5.74) is 1.74. The smallest absolute Gasteiger partial charge is 0.244 e. The molecule has 1 N–H and O–H groups in total. The number of hydrogen-bond donors (Lipinski definition) is 1. The molecule has 0 aromatic heterocycles. The van der Waals surface area contributed by atoms with Gasteiger partial charge in [-0.3, -0.25) is 13.9 Å². The zero-order chi connectivity index (χ0) is 30.3. The fourth-order valence-corrected chi connectivity index (χ4v) is 6.30. The third-order valence-electron chi connectivity index (χ3n) is 7.33. The van der Waals surface area contributed by atoms with E-state index in [1.807, 2.05) is 30.3 Å². The second kappa shape index (κ2) is 14.3. The normalized spacial score (nSPS) is 14.3. The van der Waals surface area contributed by atoms with Crippen molar-refractivity contribution < 1.29 is 22.7 Å². The average Bonchev–Trinajstić information content (AvgIpc) is 3.47. The maximum Gasteiger partial charge on any atom is 0.244 e. The van der Waals surface area contributed by atoms with Crippen LogP contribution in [0.4, 0.5) is 5.69 Å². The fourth-order valence-electron chi connectivity index (χ4n) is 5.16. The van der Waals surface area contributed by atoms with Gasteiger partial charge in [-0.2, -0.15) is 0 Å². The number of hydrogen-bond acceptors (Lipinski definition) is 5. The highest BCUT2D eigenvalue weighted by molar-refractivity contribution is 7.92. The maximum absolute atomic E-state index is 14.2. The number of nitrogens with one attached hydrogen (secondary N) is 1. The van der Waals surface area contributed by atoms with Crippen LogP contribution >= 0.6 is 23.2 Å². The Morgan fingerprint density at radius 1 is 0.952 bits per heavy atom. The Labute approximate surface area is 257 Å². The van der Waals surface area contributed by atoms with Gasteiger partial charge in [-0.1, -0.05) is 78.5 Å². The van der Waals surface area contributed by atoms with Crippen molar-refractivity contribution in [2.75, 3.05) is 24.2 Å². The van der Waals surface area contributed by atoms with Crippen molar-refractivity contribution in [3.05, 3.63) is 94.0 Å². The number of anilines is 1. The van der Waals surface area contributed by atoms with Gasteiger partial charge in [0.05, 0.1) is 19.1 Å². The molecule has 0 bridgehead atoms. The van der Waals surface area contributed by atoms with E-state index in [1.165, 1.54) is 18.1 Å². The van der Waals surface area contributed by atoms with Gasteiger partial charge in [-0.25, -0.2) is 8.42 Å². The Morgan fingerprint density at radius 3 is 2.21 bits per heavy atom. The van der Waals surface area contributed by atoms with E-state index >= 15 is 0 Å². The molecule has 11 heteroatoms. The number of sulfonamides is 1. The van der Waals surface area contributed by atoms with Gasteiger partial charge in [-0.05, 0) is 54.3 Å². The van der Waals surface area contributed by atoms with E-state index in [4.69, 9.17) is 27.9 Å². The number of methoxy groups -OCH3 is 1. The molecule has 0 saturated heterocycles. The molecular weight excluding hydrogens is 597 g/mol. The van der Waals surface area contributed by atoms with Crippen molar-refractivity contribution >= 4 is 50.7 Å². The number of rotatable bonds is 12. The number of amides is 2. The molecule has 4 rings (SSSR count). The monoisotopic (exact) mass is 631 g/mol. The molecule has 3 aromatic carbocycles. The van der Waals surface area contributed by atoms with E-state index in [9.17, 15) is 18.0 Å². The molecule has 0 spiro atoms. The molecule has 0 heterocycles. The number of benzene rings is 3. The van der Waals surface area contributed by atoms with Crippen LogP contribution in [0.1, 0.15) is 36.8 Å². The lowest BCUT2D eigenvalue weighted by molar-refractivity contribution is -0.140. The Hall–Kier alpha value is -3.27. The van der Waals surface area contributed by atoms with Crippen LogP contribution in [0.25, 0.3) is 0 Å². The quantitative estimate of drug-likeness (QED) is 0.286. The Kier molecular flexibility index (Phi) is 10.8. The summed E-state index contributed by atoms with van der Waals surface area (Å²) >= 11 is 12.3. The lowest BCUT2D eigenvalue weighted by atomic mass is 10.0. The van der Waals surface area contributed by atoms with Crippen molar-refractivity contribution in [2.24, 2.45) is 0 Å². The van der Waals surface area contributed by atoms with Crippen LogP contribution in [-0.2, 0) is 32.6 Å². The molecule has 1 aliphatic rings. The molecule has 0 unspecified atom stereocenters. The van der Waals surface area contributed by atoms with Crippen LogP contribution in [0.5, 0.6) is 5.75 Å². The molecule has 0 aliphatic heterocycles. The lowest BCUT2D eigenvalue weighted by Gasteiger charge is -2.34. The van der Waals surface area contributed by atoms with Gasteiger partial charge in [0.25, 0.3) is 0 Å². The number of nitrogens with zero attached hydrogens (tertiary/aromatic N) is 2. The molecule has 8 nitrogen and oxygen atoms in total. The van der Waals surface area contributed by atoms with Crippen LogP contribution in [0, 0.1) is 0 Å². The predicted molar refractivity (Wildman–Crippen MR) is 167 cm³/mol. The molecule has 1 saturated carbocycles. The highest BCUT2D eigenvalue weighted by atomic mass is 35.5. The van der Waals surface area contributed by atoms with Crippen molar-refractivity contribution in [1.29, 1.82) is 0 Å². The first-order valence-corrected chi connectivity index (χ1v) is 16.3. The van der Waals surface area contributed by atoms with Gasteiger partial charge in [0.2, 0.25) is 21.8 Å². The van der Waals surface area contributed by atoms with Crippen LogP contribution in [-0.4, -0.2) is 57.1 Å². The van der Waals surface area contributed by atoms with Gasteiger partial charge in [0.1, 0.15) is 18.3 Å². The van der Waals surface area contributed by atoms with Gasteiger partial charge < -0.3 is 15.0 Å². The molecule has 0 radical (unpaired) electrons. The van der Waals surface area contributed by atoms with Gasteiger partial charge in [0, 0.05) is 29.1 Å². The van der Waals surface area contributed by atoms with E-state index < -0.39 is 28.5 Å². The molecular formula is C31H35Cl2N3O5S. The van der Waals surface area contributed by atoms with Crippen molar-refractivity contribution in [2.45, 2.75) is 50.7 Å². The number of carbonyl (C=O) groups is 2.